The van der Waals surface area contributed by atoms with Gasteiger partial charge >= 0.3 is 0 Å². The lowest BCUT2D eigenvalue weighted by molar-refractivity contribution is -0.115. The number of rotatable bonds is 3. The van der Waals surface area contributed by atoms with E-state index in [-0.39, 0.29) is 22.5 Å². The van der Waals surface area contributed by atoms with Crippen LogP contribution in [0, 0.1) is 13.8 Å². The molecule has 2 rings (SSSR count). The lowest BCUT2D eigenvalue weighted by Crippen LogP contribution is -2.16. The third-order valence-electron chi connectivity index (χ3n) is 2.91. The van der Waals surface area contributed by atoms with Crippen molar-refractivity contribution in [1.29, 1.82) is 0 Å². The largest absolute Gasteiger partial charge is 0.325 e. The predicted octanol–water partition coefficient (Wildman–Crippen LogP) is 2.84. The highest BCUT2D eigenvalue weighted by Crippen LogP contribution is 2.19. The van der Waals surface area contributed by atoms with Gasteiger partial charge in [0.25, 0.3) is 5.91 Å². The Hall–Kier alpha value is -2.28. The van der Waals surface area contributed by atoms with Crippen molar-refractivity contribution in [3.8, 4) is 0 Å². The number of carbonyl (C=O) groups is 2. The number of aryl methyl sites for hydroxylation is 1. The molecule has 0 aliphatic carbocycles. The fourth-order valence-corrected chi connectivity index (χ4v) is 2.16. The van der Waals surface area contributed by atoms with E-state index in [1.54, 1.807) is 0 Å². The standard InChI is InChI=1S/C14H14N4O2S/c1-8-5-4-6-11(9(8)2)15-12(19)7-21-14-16-13(20)10(3)17-18-14/h4-6H,3,7H2,1-2H3,(H,15,19). The third-order valence-corrected chi connectivity index (χ3v) is 3.75. The monoisotopic (exact) mass is 302 g/mol. The molecule has 0 radical (unpaired) electrons. The highest BCUT2D eigenvalue weighted by atomic mass is 32.2. The van der Waals surface area contributed by atoms with Crippen molar-refractivity contribution in [3.05, 3.63) is 41.6 Å². The Balaban J connectivity index is 1.93. The van der Waals surface area contributed by atoms with Gasteiger partial charge in [-0.3, -0.25) is 9.59 Å². The van der Waals surface area contributed by atoms with Gasteiger partial charge in [-0.05, 0) is 31.0 Å². The van der Waals surface area contributed by atoms with E-state index in [1.165, 1.54) is 0 Å². The van der Waals surface area contributed by atoms with Crippen molar-refractivity contribution in [2.24, 2.45) is 15.2 Å². The number of amides is 2. The molecule has 1 aliphatic rings. The van der Waals surface area contributed by atoms with Crippen LogP contribution in [0.1, 0.15) is 11.1 Å². The number of anilines is 1. The number of thioether (sulfide) groups is 1. The van der Waals surface area contributed by atoms with E-state index >= 15 is 0 Å². The molecule has 0 spiro atoms. The van der Waals surface area contributed by atoms with Crippen molar-refractivity contribution in [1.82, 2.24) is 0 Å². The molecule has 1 N–H and O–H groups in total. The highest BCUT2D eigenvalue weighted by Gasteiger charge is 2.15. The highest BCUT2D eigenvalue weighted by molar-refractivity contribution is 8.14. The van der Waals surface area contributed by atoms with Gasteiger partial charge < -0.3 is 5.32 Å². The van der Waals surface area contributed by atoms with Crippen LogP contribution in [0.3, 0.4) is 0 Å². The zero-order chi connectivity index (χ0) is 15.4. The molecule has 0 aromatic heterocycles. The minimum absolute atomic E-state index is 0.000753. The summed E-state index contributed by atoms with van der Waals surface area (Å²) < 4.78 is 0. The molecule has 0 fully saturated rings. The van der Waals surface area contributed by atoms with Crippen molar-refractivity contribution < 1.29 is 9.59 Å². The molecular formula is C14H14N4O2S. The molecule has 108 valence electrons. The lowest BCUT2D eigenvalue weighted by Gasteiger charge is -2.10. The maximum absolute atomic E-state index is 11.9. The number of benzene rings is 1. The Labute approximate surface area is 126 Å². The number of amidine groups is 1. The SMILES string of the molecule is C=C1N=NC(SCC(=O)Nc2cccc(C)c2C)=NC1=O. The number of nitrogens with one attached hydrogen (secondary N) is 1. The third kappa shape index (κ3) is 3.85. The van der Waals surface area contributed by atoms with Crippen LogP contribution < -0.4 is 5.32 Å². The van der Waals surface area contributed by atoms with Crippen LogP contribution in [-0.2, 0) is 9.59 Å². The van der Waals surface area contributed by atoms with E-state index in [0.29, 0.717) is 0 Å². The van der Waals surface area contributed by atoms with Crippen LogP contribution in [0.15, 0.2) is 45.7 Å². The molecule has 6 nitrogen and oxygen atoms in total. The molecular weight excluding hydrogens is 288 g/mol. The Morgan fingerprint density at radius 3 is 2.81 bits per heavy atom. The van der Waals surface area contributed by atoms with E-state index in [2.05, 4.69) is 27.1 Å². The van der Waals surface area contributed by atoms with Gasteiger partial charge in [-0.15, -0.1) is 10.2 Å². The Kier molecular flexibility index (Phi) is 4.64. The molecule has 1 aromatic carbocycles. The van der Waals surface area contributed by atoms with Crippen molar-refractivity contribution in [3.63, 3.8) is 0 Å². The van der Waals surface area contributed by atoms with Crippen molar-refractivity contribution in [2.75, 3.05) is 11.1 Å². The van der Waals surface area contributed by atoms with Crippen LogP contribution in [0.25, 0.3) is 0 Å². The molecule has 0 atom stereocenters. The van der Waals surface area contributed by atoms with E-state index in [9.17, 15) is 9.59 Å². The summed E-state index contributed by atoms with van der Waals surface area (Å²) in [7, 11) is 0. The van der Waals surface area contributed by atoms with E-state index in [0.717, 1.165) is 28.6 Å². The van der Waals surface area contributed by atoms with Gasteiger partial charge in [-0.25, -0.2) is 0 Å². The van der Waals surface area contributed by atoms with Crippen LogP contribution in [0.5, 0.6) is 0 Å². The second-order valence-electron chi connectivity index (χ2n) is 4.43. The topological polar surface area (TPSA) is 83.2 Å². The average Bonchev–Trinajstić information content (AvgIpc) is 2.45. The smallest absolute Gasteiger partial charge is 0.299 e. The normalized spacial score (nSPS) is 14.1. The number of carbonyl (C=O) groups excluding carboxylic acids is 2. The van der Waals surface area contributed by atoms with Crippen LogP contribution in [0.4, 0.5) is 5.69 Å². The van der Waals surface area contributed by atoms with Crippen LogP contribution >= 0.6 is 11.8 Å². The first kappa shape index (κ1) is 15.1. The quantitative estimate of drug-likeness (QED) is 0.871. The maximum atomic E-state index is 11.9. The summed E-state index contributed by atoms with van der Waals surface area (Å²) in [6.07, 6.45) is 0. The summed E-state index contributed by atoms with van der Waals surface area (Å²) in [5, 5.41) is 10.3. The molecule has 7 heteroatoms. The Morgan fingerprint density at radius 2 is 2.10 bits per heavy atom. The first-order chi connectivity index (χ1) is 9.97. The van der Waals surface area contributed by atoms with Crippen molar-refractivity contribution >= 4 is 34.4 Å². The second kappa shape index (κ2) is 6.45. The molecule has 21 heavy (non-hydrogen) atoms. The number of hydrogen-bond donors (Lipinski definition) is 1. The van der Waals surface area contributed by atoms with Gasteiger partial charge in [0.2, 0.25) is 11.1 Å². The predicted molar refractivity (Wildman–Crippen MR) is 83.4 cm³/mol. The zero-order valence-electron chi connectivity index (χ0n) is 11.7. The average molecular weight is 302 g/mol. The Bertz CT molecular complexity index is 680. The van der Waals surface area contributed by atoms with Crippen molar-refractivity contribution in [2.45, 2.75) is 13.8 Å². The maximum Gasteiger partial charge on any atom is 0.299 e. The molecule has 1 aromatic rings. The summed E-state index contributed by atoms with van der Waals surface area (Å²) in [5.41, 5.74) is 2.91. The first-order valence-electron chi connectivity index (χ1n) is 6.20. The van der Waals surface area contributed by atoms with E-state index in [4.69, 9.17) is 0 Å². The molecule has 1 aliphatic heterocycles. The zero-order valence-corrected chi connectivity index (χ0v) is 12.5. The van der Waals surface area contributed by atoms with Gasteiger partial charge in [0.15, 0.2) is 0 Å². The summed E-state index contributed by atoms with van der Waals surface area (Å²) >= 11 is 1.06. The summed E-state index contributed by atoms with van der Waals surface area (Å²) in [4.78, 5) is 26.8. The molecule has 1 heterocycles. The van der Waals surface area contributed by atoms with Gasteiger partial charge in [0.05, 0.1) is 5.75 Å². The molecule has 0 saturated heterocycles. The van der Waals surface area contributed by atoms with E-state index in [1.807, 2.05) is 32.0 Å². The van der Waals surface area contributed by atoms with Crippen LogP contribution in [-0.4, -0.2) is 22.7 Å². The van der Waals surface area contributed by atoms with Gasteiger partial charge in [0, 0.05) is 5.69 Å². The lowest BCUT2D eigenvalue weighted by atomic mass is 10.1. The van der Waals surface area contributed by atoms with Gasteiger partial charge in [0.1, 0.15) is 5.70 Å². The molecule has 0 bridgehead atoms. The summed E-state index contributed by atoms with van der Waals surface area (Å²) in [5.74, 6) is -0.615. The first-order valence-corrected chi connectivity index (χ1v) is 7.18. The number of hydrogen-bond acceptors (Lipinski definition) is 5. The number of azo groups is 1. The number of nitrogens with zero attached hydrogens (tertiary/aromatic N) is 3. The Morgan fingerprint density at radius 1 is 1.33 bits per heavy atom. The summed E-state index contributed by atoms with van der Waals surface area (Å²) in [6.45, 7) is 7.32. The molecule has 0 unspecified atom stereocenters. The molecule has 0 saturated carbocycles. The van der Waals surface area contributed by atoms with Crippen LogP contribution in [0.2, 0.25) is 0 Å². The van der Waals surface area contributed by atoms with Gasteiger partial charge in [-0.2, -0.15) is 4.99 Å². The fourth-order valence-electron chi connectivity index (χ4n) is 1.58. The van der Waals surface area contributed by atoms with E-state index < -0.39 is 5.91 Å². The minimum Gasteiger partial charge on any atom is -0.325 e. The van der Waals surface area contributed by atoms with Gasteiger partial charge in [-0.1, -0.05) is 30.5 Å². The molecule has 2 amide bonds. The fraction of sp³-hybridized carbons (Fsp3) is 0.214. The summed E-state index contributed by atoms with van der Waals surface area (Å²) in [6, 6.07) is 5.71. The second-order valence-corrected chi connectivity index (χ2v) is 5.37. The number of aliphatic imine (C=N–C) groups is 1. The minimum atomic E-state index is -0.526.